The second-order valence-electron chi connectivity index (χ2n) is 9.26. The average Bonchev–Trinajstić information content (AvgIpc) is 2.76. The summed E-state index contributed by atoms with van der Waals surface area (Å²) in [6.45, 7) is 12.7. The van der Waals surface area contributed by atoms with Crippen LogP contribution in [0.4, 0.5) is 0 Å². The topological polar surface area (TPSA) is 36.9 Å². The number of allylic oxidation sites excluding steroid dienone is 1. The average molecular weight is 487 g/mol. The van der Waals surface area contributed by atoms with Crippen LogP contribution in [-0.4, -0.2) is 41.4 Å². The maximum atomic E-state index is 5.87. The summed E-state index contributed by atoms with van der Waals surface area (Å²) in [5.41, 5.74) is 3.35. The molecule has 0 amide bonds. The molecule has 2 aromatic rings. The van der Waals surface area contributed by atoms with Crippen LogP contribution in [0.2, 0.25) is 25.7 Å². The molecule has 0 aliphatic carbocycles. The van der Waals surface area contributed by atoms with Crippen LogP contribution in [0, 0.1) is 0 Å². The van der Waals surface area contributed by atoms with Gasteiger partial charge in [0.25, 0.3) is 0 Å². The highest BCUT2D eigenvalue weighted by Crippen LogP contribution is 2.30. The Balaban J connectivity index is 2.04. The van der Waals surface area contributed by atoms with Gasteiger partial charge in [-0.15, -0.1) is 11.8 Å². The first-order chi connectivity index (χ1) is 15.7. The Bertz CT molecular complexity index is 944. The largest absolute Gasteiger partial charge is 0.497 e. The maximum absolute atomic E-state index is 5.87. The quantitative estimate of drug-likeness (QED) is 0.0726. The van der Waals surface area contributed by atoms with Gasteiger partial charge in [-0.05, 0) is 67.6 Å². The fourth-order valence-electron chi connectivity index (χ4n) is 2.84. The standard InChI is InChI=1S/C27H38O4SSi/c1-21(2)12-13-30-25-17-23(16-24(19-25)28-3)9-8-22-10-11-26(27(18-22)32-4)31-20-29-14-15-33(5,6)7/h8-12,16-19H,13-15,20H2,1-7H3. The first kappa shape index (κ1) is 27.1. The number of hydrogen-bond donors (Lipinski definition) is 0. The lowest BCUT2D eigenvalue weighted by atomic mass is 10.1. The van der Waals surface area contributed by atoms with Crippen molar-refractivity contribution in [1.82, 2.24) is 0 Å². The van der Waals surface area contributed by atoms with Crippen molar-refractivity contribution in [2.75, 3.05) is 33.4 Å². The highest BCUT2D eigenvalue weighted by Gasteiger charge is 2.12. The highest BCUT2D eigenvalue weighted by atomic mass is 32.2. The van der Waals surface area contributed by atoms with Crippen molar-refractivity contribution in [3.05, 3.63) is 59.2 Å². The Morgan fingerprint density at radius 3 is 2.33 bits per heavy atom. The summed E-state index contributed by atoms with van der Waals surface area (Å²) in [6.07, 6.45) is 8.26. The number of methoxy groups -OCH3 is 1. The number of benzene rings is 2. The molecule has 0 saturated carbocycles. The summed E-state index contributed by atoms with van der Waals surface area (Å²) in [4.78, 5) is 1.09. The summed E-state index contributed by atoms with van der Waals surface area (Å²) in [5.74, 6) is 2.41. The van der Waals surface area contributed by atoms with E-state index in [1.54, 1.807) is 18.9 Å². The predicted octanol–water partition coefficient (Wildman–Crippen LogP) is 7.62. The van der Waals surface area contributed by atoms with Gasteiger partial charge in [0, 0.05) is 25.6 Å². The minimum absolute atomic E-state index is 0.284. The SMILES string of the molecule is COc1cc(C=Cc2ccc(OCOCC[Si](C)(C)C)c(SC)c2)cc(OCC=C(C)C)c1. The van der Waals surface area contributed by atoms with E-state index in [2.05, 4.69) is 70.1 Å². The molecule has 0 N–H and O–H groups in total. The van der Waals surface area contributed by atoms with Crippen LogP contribution >= 0.6 is 11.8 Å². The van der Waals surface area contributed by atoms with Gasteiger partial charge in [-0.1, -0.05) is 43.4 Å². The second-order valence-corrected chi connectivity index (χ2v) is 15.7. The van der Waals surface area contributed by atoms with Gasteiger partial charge in [0.15, 0.2) is 6.79 Å². The number of ether oxygens (including phenoxy) is 4. The second kappa shape index (κ2) is 13.5. The lowest BCUT2D eigenvalue weighted by molar-refractivity contribution is 0.0204. The third kappa shape index (κ3) is 10.5. The van der Waals surface area contributed by atoms with Gasteiger partial charge in [-0.25, -0.2) is 0 Å². The van der Waals surface area contributed by atoms with Crippen LogP contribution in [-0.2, 0) is 4.74 Å². The van der Waals surface area contributed by atoms with Crippen LogP contribution in [0.5, 0.6) is 17.2 Å². The molecule has 0 saturated heterocycles. The molecule has 0 aliphatic heterocycles. The Labute approximate surface area is 205 Å². The molecule has 2 aromatic carbocycles. The van der Waals surface area contributed by atoms with Crippen molar-refractivity contribution >= 4 is 32.0 Å². The van der Waals surface area contributed by atoms with Gasteiger partial charge in [-0.2, -0.15) is 0 Å². The molecule has 0 unspecified atom stereocenters. The summed E-state index contributed by atoms with van der Waals surface area (Å²) in [5, 5.41) is 0. The van der Waals surface area contributed by atoms with Crippen molar-refractivity contribution in [1.29, 1.82) is 0 Å². The Hall–Kier alpha value is -2.15. The van der Waals surface area contributed by atoms with Crippen LogP contribution in [0.15, 0.2) is 52.9 Å². The summed E-state index contributed by atoms with van der Waals surface area (Å²) < 4.78 is 22.9. The molecule has 180 valence electrons. The van der Waals surface area contributed by atoms with E-state index < -0.39 is 8.07 Å². The van der Waals surface area contributed by atoms with E-state index in [4.69, 9.17) is 18.9 Å². The minimum Gasteiger partial charge on any atom is -0.497 e. The Morgan fingerprint density at radius 1 is 0.939 bits per heavy atom. The molecule has 4 nitrogen and oxygen atoms in total. The van der Waals surface area contributed by atoms with Crippen molar-refractivity contribution in [3.8, 4) is 17.2 Å². The van der Waals surface area contributed by atoms with E-state index in [1.165, 1.54) is 5.57 Å². The summed E-state index contributed by atoms with van der Waals surface area (Å²) >= 11 is 1.67. The lowest BCUT2D eigenvalue weighted by Gasteiger charge is -2.16. The fraction of sp³-hybridized carbons (Fsp3) is 0.407. The van der Waals surface area contributed by atoms with Crippen LogP contribution in [0.1, 0.15) is 25.0 Å². The van der Waals surface area contributed by atoms with E-state index in [0.29, 0.717) is 6.61 Å². The van der Waals surface area contributed by atoms with Crippen LogP contribution in [0.3, 0.4) is 0 Å². The predicted molar refractivity (Wildman–Crippen MR) is 145 cm³/mol. The lowest BCUT2D eigenvalue weighted by Crippen LogP contribution is -2.22. The third-order valence-electron chi connectivity index (χ3n) is 4.83. The zero-order valence-corrected chi connectivity index (χ0v) is 22.9. The normalized spacial score (nSPS) is 11.5. The summed E-state index contributed by atoms with van der Waals surface area (Å²) in [7, 11) is 0.587. The molecular formula is C27H38O4SSi. The Morgan fingerprint density at radius 2 is 1.67 bits per heavy atom. The van der Waals surface area contributed by atoms with Crippen molar-refractivity contribution in [2.24, 2.45) is 0 Å². The zero-order chi connectivity index (χ0) is 24.3. The van der Waals surface area contributed by atoms with E-state index in [0.717, 1.165) is 45.9 Å². The first-order valence-electron chi connectivity index (χ1n) is 11.2. The molecular weight excluding hydrogens is 448 g/mol. The monoisotopic (exact) mass is 486 g/mol. The fourth-order valence-corrected chi connectivity index (χ4v) is 4.18. The van der Waals surface area contributed by atoms with Gasteiger partial charge in [-0.3, -0.25) is 0 Å². The molecule has 0 radical (unpaired) electrons. The van der Waals surface area contributed by atoms with Crippen molar-refractivity contribution in [3.63, 3.8) is 0 Å². The molecule has 0 spiro atoms. The number of thioether (sulfide) groups is 1. The Kier molecular flexibility index (Phi) is 11.1. The molecule has 0 bridgehead atoms. The molecule has 0 aromatic heterocycles. The molecule has 2 rings (SSSR count). The van der Waals surface area contributed by atoms with Crippen LogP contribution < -0.4 is 14.2 Å². The maximum Gasteiger partial charge on any atom is 0.189 e. The van der Waals surface area contributed by atoms with Gasteiger partial charge >= 0.3 is 0 Å². The molecule has 0 heterocycles. The van der Waals surface area contributed by atoms with Gasteiger partial charge in [0.05, 0.1) is 7.11 Å². The van der Waals surface area contributed by atoms with E-state index in [-0.39, 0.29) is 6.79 Å². The summed E-state index contributed by atoms with van der Waals surface area (Å²) in [6, 6.07) is 13.2. The van der Waals surface area contributed by atoms with Gasteiger partial charge in [0.1, 0.15) is 23.9 Å². The molecule has 0 atom stereocenters. The molecule has 0 fully saturated rings. The molecule has 33 heavy (non-hydrogen) atoms. The smallest absolute Gasteiger partial charge is 0.189 e. The number of rotatable bonds is 13. The first-order valence-corrected chi connectivity index (χ1v) is 16.2. The number of hydrogen-bond acceptors (Lipinski definition) is 5. The van der Waals surface area contributed by atoms with Crippen molar-refractivity contribution < 1.29 is 18.9 Å². The van der Waals surface area contributed by atoms with Gasteiger partial charge in [0.2, 0.25) is 0 Å². The highest BCUT2D eigenvalue weighted by molar-refractivity contribution is 7.98. The zero-order valence-electron chi connectivity index (χ0n) is 21.1. The molecule has 6 heteroatoms. The molecule has 0 aliphatic rings. The van der Waals surface area contributed by atoms with E-state index >= 15 is 0 Å². The van der Waals surface area contributed by atoms with E-state index in [1.807, 2.05) is 24.3 Å². The van der Waals surface area contributed by atoms with Crippen molar-refractivity contribution in [2.45, 2.75) is 44.4 Å². The third-order valence-corrected chi connectivity index (χ3v) is 7.29. The van der Waals surface area contributed by atoms with Gasteiger partial charge < -0.3 is 18.9 Å². The van der Waals surface area contributed by atoms with Crippen LogP contribution in [0.25, 0.3) is 12.2 Å². The van der Waals surface area contributed by atoms with E-state index in [9.17, 15) is 0 Å². The minimum atomic E-state index is -1.08.